The van der Waals surface area contributed by atoms with Crippen LogP contribution >= 0.6 is 12.6 Å². The molecule has 0 aliphatic carbocycles. The molecule has 1 aliphatic rings. The van der Waals surface area contributed by atoms with Crippen LogP contribution in [0.25, 0.3) is 0 Å². The maximum atomic E-state index is 13.2. The number of nitrogens with two attached hydrogens (primary N) is 1. The minimum atomic E-state index is -0.869. The van der Waals surface area contributed by atoms with Crippen LogP contribution in [0, 0.1) is 5.92 Å². The molecule has 1 fully saturated rings. The molecular formula is C12H27FN2S. The van der Waals surface area contributed by atoms with Gasteiger partial charge in [0.25, 0.3) is 0 Å². The van der Waals surface area contributed by atoms with Gasteiger partial charge in [0.15, 0.2) is 0 Å². The molecule has 0 radical (unpaired) electrons. The maximum absolute atomic E-state index is 13.2. The molecule has 0 spiro atoms. The van der Waals surface area contributed by atoms with E-state index in [4.69, 9.17) is 5.73 Å². The van der Waals surface area contributed by atoms with Gasteiger partial charge in [-0.2, -0.15) is 12.6 Å². The average Bonchev–Trinajstić information content (AvgIpc) is 2.58. The molecule has 5 atom stereocenters. The van der Waals surface area contributed by atoms with Gasteiger partial charge in [-0.25, -0.2) is 4.39 Å². The van der Waals surface area contributed by atoms with Crippen molar-refractivity contribution in [3.63, 3.8) is 0 Å². The zero-order valence-corrected chi connectivity index (χ0v) is 11.8. The van der Waals surface area contributed by atoms with Crippen molar-refractivity contribution in [3.05, 3.63) is 0 Å². The van der Waals surface area contributed by atoms with E-state index >= 15 is 0 Å². The van der Waals surface area contributed by atoms with Crippen molar-refractivity contribution in [2.45, 2.75) is 70.6 Å². The Labute approximate surface area is 105 Å². The average molecular weight is 250 g/mol. The first-order valence-corrected chi connectivity index (χ1v) is 6.86. The molecule has 3 N–H and O–H groups in total. The Kier molecular flexibility index (Phi) is 8.42. The van der Waals surface area contributed by atoms with E-state index < -0.39 is 6.17 Å². The van der Waals surface area contributed by atoms with Gasteiger partial charge in [0.2, 0.25) is 0 Å². The SMILES string of the molecule is CC.CC(N)C(F)CCC1CC(C)C(S)N1. The van der Waals surface area contributed by atoms with Crippen molar-refractivity contribution < 1.29 is 4.39 Å². The molecule has 4 heteroatoms. The number of alkyl halides is 1. The monoisotopic (exact) mass is 250 g/mol. The molecule has 0 aromatic rings. The fourth-order valence-electron chi connectivity index (χ4n) is 1.88. The molecule has 1 rings (SSSR count). The molecule has 0 aromatic heterocycles. The van der Waals surface area contributed by atoms with Crippen LogP contribution in [-0.2, 0) is 0 Å². The highest BCUT2D eigenvalue weighted by molar-refractivity contribution is 7.80. The standard InChI is InChI=1S/C10H21FN2S.C2H6/c1-6-5-8(13-10(6)14)3-4-9(11)7(2)12;1-2/h6-10,13-14H,3-5,12H2,1-2H3;1-2H3. The van der Waals surface area contributed by atoms with Crippen LogP contribution in [0.2, 0.25) is 0 Å². The van der Waals surface area contributed by atoms with Gasteiger partial charge in [-0.15, -0.1) is 0 Å². The van der Waals surface area contributed by atoms with Gasteiger partial charge in [-0.3, -0.25) is 0 Å². The maximum Gasteiger partial charge on any atom is 0.115 e. The van der Waals surface area contributed by atoms with E-state index in [1.807, 2.05) is 13.8 Å². The summed E-state index contributed by atoms with van der Waals surface area (Å²) >= 11 is 4.40. The minimum Gasteiger partial charge on any atom is -0.325 e. The van der Waals surface area contributed by atoms with Crippen LogP contribution in [0.5, 0.6) is 0 Å². The molecule has 5 unspecified atom stereocenters. The van der Waals surface area contributed by atoms with E-state index in [-0.39, 0.29) is 11.4 Å². The van der Waals surface area contributed by atoms with Gasteiger partial charge >= 0.3 is 0 Å². The molecule has 2 nitrogen and oxygen atoms in total. The number of hydrogen-bond donors (Lipinski definition) is 3. The Morgan fingerprint density at radius 2 is 2.06 bits per heavy atom. The van der Waals surface area contributed by atoms with Crippen molar-refractivity contribution in [1.82, 2.24) is 5.32 Å². The Hall–Kier alpha value is 0.200. The highest BCUT2D eigenvalue weighted by Gasteiger charge is 2.28. The lowest BCUT2D eigenvalue weighted by molar-refractivity contribution is 0.261. The van der Waals surface area contributed by atoms with Gasteiger partial charge in [0.05, 0.1) is 5.37 Å². The van der Waals surface area contributed by atoms with Crippen LogP contribution in [0.15, 0.2) is 0 Å². The number of rotatable bonds is 4. The molecule has 1 saturated heterocycles. The van der Waals surface area contributed by atoms with Crippen LogP contribution in [0.1, 0.15) is 47.0 Å². The lowest BCUT2D eigenvalue weighted by atomic mass is 10.0. The summed E-state index contributed by atoms with van der Waals surface area (Å²) in [5.41, 5.74) is 5.46. The van der Waals surface area contributed by atoms with Gasteiger partial charge in [0.1, 0.15) is 6.17 Å². The summed E-state index contributed by atoms with van der Waals surface area (Å²) in [6.45, 7) is 7.89. The molecule has 0 amide bonds. The Morgan fingerprint density at radius 1 is 1.50 bits per heavy atom. The fourth-order valence-corrected chi connectivity index (χ4v) is 2.21. The second-order valence-corrected chi connectivity index (χ2v) is 5.03. The molecule has 0 saturated carbocycles. The lowest BCUT2D eigenvalue weighted by Crippen LogP contribution is -2.31. The Morgan fingerprint density at radius 3 is 2.44 bits per heavy atom. The number of nitrogens with one attached hydrogen (secondary N) is 1. The zero-order chi connectivity index (χ0) is 12.7. The topological polar surface area (TPSA) is 38.0 Å². The second kappa shape index (κ2) is 8.31. The van der Waals surface area contributed by atoms with Crippen molar-refractivity contribution in [2.24, 2.45) is 11.7 Å². The highest BCUT2D eigenvalue weighted by atomic mass is 32.1. The zero-order valence-electron chi connectivity index (χ0n) is 10.9. The first-order chi connectivity index (χ1) is 7.50. The first-order valence-electron chi connectivity index (χ1n) is 6.34. The summed E-state index contributed by atoms with van der Waals surface area (Å²) < 4.78 is 13.2. The van der Waals surface area contributed by atoms with E-state index in [0.717, 1.165) is 12.8 Å². The third-order valence-corrected chi connectivity index (χ3v) is 3.62. The molecule has 0 aromatic carbocycles. The summed E-state index contributed by atoms with van der Waals surface area (Å²) in [4.78, 5) is 0. The summed E-state index contributed by atoms with van der Waals surface area (Å²) in [5, 5.41) is 3.63. The third kappa shape index (κ3) is 5.51. The van der Waals surface area contributed by atoms with E-state index in [2.05, 4.69) is 24.9 Å². The normalized spacial score (nSPS) is 32.8. The van der Waals surface area contributed by atoms with Crippen molar-refractivity contribution >= 4 is 12.6 Å². The van der Waals surface area contributed by atoms with E-state index in [0.29, 0.717) is 18.4 Å². The Bertz CT molecular complexity index is 168. The quantitative estimate of drug-likeness (QED) is 0.671. The fraction of sp³-hybridized carbons (Fsp3) is 1.00. The first kappa shape index (κ1) is 16.2. The highest BCUT2D eigenvalue weighted by Crippen LogP contribution is 2.25. The number of halogens is 1. The Balaban J connectivity index is 0.00000106. The van der Waals surface area contributed by atoms with Gasteiger partial charge in [-0.05, 0) is 32.1 Å². The number of thiol groups is 1. The number of hydrogen-bond acceptors (Lipinski definition) is 3. The van der Waals surface area contributed by atoms with E-state index in [9.17, 15) is 4.39 Å². The van der Waals surface area contributed by atoms with Crippen LogP contribution in [0.3, 0.4) is 0 Å². The molecule has 1 heterocycles. The largest absolute Gasteiger partial charge is 0.325 e. The second-order valence-electron chi connectivity index (χ2n) is 4.47. The van der Waals surface area contributed by atoms with Crippen LogP contribution in [0.4, 0.5) is 4.39 Å². The van der Waals surface area contributed by atoms with Gasteiger partial charge < -0.3 is 11.1 Å². The minimum absolute atomic E-state index is 0.272. The van der Waals surface area contributed by atoms with Gasteiger partial charge in [0, 0.05) is 12.1 Å². The molecule has 0 bridgehead atoms. The summed E-state index contributed by atoms with van der Waals surface area (Å²) in [7, 11) is 0. The molecular weight excluding hydrogens is 223 g/mol. The van der Waals surface area contributed by atoms with Gasteiger partial charge in [-0.1, -0.05) is 20.8 Å². The van der Waals surface area contributed by atoms with Crippen LogP contribution < -0.4 is 11.1 Å². The van der Waals surface area contributed by atoms with Crippen molar-refractivity contribution in [1.29, 1.82) is 0 Å². The lowest BCUT2D eigenvalue weighted by Gasteiger charge is -2.15. The molecule has 1 aliphatic heterocycles. The predicted molar refractivity (Wildman–Crippen MR) is 72.6 cm³/mol. The molecule has 16 heavy (non-hydrogen) atoms. The van der Waals surface area contributed by atoms with E-state index in [1.165, 1.54) is 0 Å². The van der Waals surface area contributed by atoms with Crippen molar-refractivity contribution in [2.75, 3.05) is 0 Å². The molecule has 98 valence electrons. The smallest absolute Gasteiger partial charge is 0.115 e. The van der Waals surface area contributed by atoms with E-state index in [1.54, 1.807) is 6.92 Å². The summed E-state index contributed by atoms with van der Waals surface area (Å²) in [5.74, 6) is 0.580. The summed E-state index contributed by atoms with van der Waals surface area (Å²) in [6, 6.07) is 0.0742. The van der Waals surface area contributed by atoms with Crippen LogP contribution in [-0.4, -0.2) is 23.6 Å². The third-order valence-electron chi connectivity index (χ3n) is 2.96. The summed E-state index contributed by atoms with van der Waals surface area (Å²) in [6.07, 6.45) is 1.65. The predicted octanol–water partition coefficient (Wildman–Crippen LogP) is 2.73. The van der Waals surface area contributed by atoms with Crippen molar-refractivity contribution in [3.8, 4) is 0 Å².